The minimum absolute atomic E-state index is 0.0354. The Morgan fingerprint density at radius 1 is 0.818 bits per heavy atom. The summed E-state index contributed by atoms with van der Waals surface area (Å²) in [5, 5.41) is 25.8. The summed E-state index contributed by atoms with van der Waals surface area (Å²) in [5.41, 5.74) is 15.7. The first-order valence-corrected chi connectivity index (χ1v) is 10.3. The number of aliphatic carboxylic acids is 1. The monoisotopic (exact) mass is 474 g/mol. The number of rotatable bonds is 15. The Hall–Kier alpha value is -3.26. The van der Waals surface area contributed by atoms with Crippen molar-refractivity contribution in [2.45, 2.75) is 76.7 Å². The first kappa shape index (κ1) is 29.7. The van der Waals surface area contributed by atoms with E-state index in [1.807, 2.05) is 5.32 Å². The summed E-state index contributed by atoms with van der Waals surface area (Å²) < 4.78 is 0. The first-order valence-electron chi connectivity index (χ1n) is 10.3. The molecule has 0 saturated heterocycles. The van der Waals surface area contributed by atoms with Crippen LogP contribution in [0.1, 0.15) is 46.5 Å². The third kappa shape index (κ3) is 11.8. The molecule has 0 aromatic carbocycles. The quantitative estimate of drug-likeness (QED) is 0.116. The van der Waals surface area contributed by atoms with Crippen LogP contribution in [0.15, 0.2) is 0 Å². The van der Waals surface area contributed by atoms with Crippen LogP contribution in [0.4, 0.5) is 0 Å². The van der Waals surface area contributed by atoms with E-state index in [1.165, 1.54) is 6.92 Å². The Morgan fingerprint density at radius 3 is 1.79 bits per heavy atom. The van der Waals surface area contributed by atoms with Gasteiger partial charge in [-0.15, -0.1) is 0 Å². The molecule has 0 saturated carbocycles. The third-order valence-corrected chi connectivity index (χ3v) is 4.46. The van der Waals surface area contributed by atoms with Gasteiger partial charge < -0.3 is 43.4 Å². The van der Waals surface area contributed by atoms with Crippen LogP contribution in [0.2, 0.25) is 0 Å². The molecule has 0 heterocycles. The van der Waals surface area contributed by atoms with Crippen molar-refractivity contribution in [2.75, 3.05) is 0 Å². The second kappa shape index (κ2) is 14.0. The minimum atomic E-state index is -1.66. The van der Waals surface area contributed by atoms with Gasteiger partial charge in [-0.2, -0.15) is 0 Å². The van der Waals surface area contributed by atoms with Gasteiger partial charge in [0.05, 0.1) is 18.6 Å². The second-order valence-electron chi connectivity index (χ2n) is 8.10. The Kier molecular flexibility index (Phi) is 12.6. The number of aliphatic hydroxyl groups is 1. The number of carbonyl (C=O) groups is 6. The van der Waals surface area contributed by atoms with E-state index in [9.17, 15) is 33.9 Å². The van der Waals surface area contributed by atoms with E-state index in [2.05, 4.69) is 10.6 Å². The topological polar surface area (TPSA) is 257 Å². The van der Waals surface area contributed by atoms with Gasteiger partial charge in [0.1, 0.15) is 18.1 Å². The lowest BCUT2D eigenvalue weighted by Crippen LogP contribution is -2.60. The summed E-state index contributed by atoms with van der Waals surface area (Å²) >= 11 is 0. The number of amides is 5. The molecule has 0 aliphatic carbocycles. The fourth-order valence-corrected chi connectivity index (χ4v) is 2.73. The van der Waals surface area contributed by atoms with Crippen LogP contribution in [-0.2, 0) is 28.8 Å². The van der Waals surface area contributed by atoms with Gasteiger partial charge in [0, 0.05) is 6.42 Å². The number of nitrogens with two attached hydrogens (primary N) is 3. The second-order valence-corrected chi connectivity index (χ2v) is 8.10. The fourth-order valence-electron chi connectivity index (χ4n) is 2.73. The number of aliphatic hydroxyl groups excluding tert-OH is 1. The van der Waals surface area contributed by atoms with Crippen LogP contribution in [0, 0.1) is 5.92 Å². The Bertz CT molecular complexity index is 742. The molecular weight excluding hydrogens is 440 g/mol. The van der Waals surface area contributed by atoms with E-state index in [0.29, 0.717) is 0 Å². The van der Waals surface area contributed by atoms with Crippen LogP contribution in [0.25, 0.3) is 0 Å². The zero-order chi connectivity index (χ0) is 25.9. The summed E-state index contributed by atoms with van der Waals surface area (Å²) in [6.45, 7) is 4.74. The lowest BCUT2D eigenvalue weighted by atomic mass is 10.0. The maximum absolute atomic E-state index is 12.8. The number of hydrogen-bond donors (Lipinski definition) is 8. The standard InChI is InChI=1S/C19H34N6O8/c1-8(2)6-11(23-16(29)10(20)4-5-13(21)27)17(30)25-15(9(3)26)18(31)24-12(19(32)33)7-14(22)28/h8-12,15,26H,4-7,20H2,1-3H3,(H2,21,27)(H2,22,28)(H,23,29)(H,24,31)(H,25,30)(H,32,33). The van der Waals surface area contributed by atoms with Gasteiger partial charge in [0.2, 0.25) is 29.5 Å². The number of carboxylic acids is 1. The van der Waals surface area contributed by atoms with E-state index in [4.69, 9.17) is 22.3 Å². The van der Waals surface area contributed by atoms with Crippen LogP contribution in [-0.4, -0.2) is 76.0 Å². The normalized spacial score (nSPS) is 15.5. The zero-order valence-electron chi connectivity index (χ0n) is 18.9. The van der Waals surface area contributed by atoms with E-state index in [1.54, 1.807) is 13.8 Å². The molecule has 0 aromatic rings. The number of carbonyl (C=O) groups excluding carboxylic acids is 5. The number of carboxylic acid groups (broad SMARTS) is 1. The van der Waals surface area contributed by atoms with Gasteiger partial charge in [0.25, 0.3) is 0 Å². The van der Waals surface area contributed by atoms with Crippen LogP contribution >= 0.6 is 0 Å². The maximum Gasteiger partial charge on any atom is 0.326 e. The molecule has 0 rings (SSSR count). The Balaban J connectivity index is 5.41. The molecule has 5 atom stereocenters. The van der Waals surface area contributed by atoms with E-state index in [-0.39, 0.29) is 25.2 Å². The molecule has 0 aliphatic heterocycles. The molecule has 0 bridgehead atoms. The molecule has 0 radical (unpaired) electrons. The Morgan fingerprint density at radius 2 is 1.36 bits per heavy atom. The molecule has 0 fully saturated rings. The number of nitrogens with one attached hydrogen (secondary N) is 3. The van der Waals surface area contributed by atoms with Crippen molar-refractivity contribution in [1.29, 1.82) is 0 Å². The van der Waals surface area contributed by atoms with Gasteiger partial charge in [-0.1, -0.05) is 13.8 Å². The molecule has 33 heavy (non-hydrogen) atoms. The molecule has 14 nitrogen and oxygen atoms in total. The fraction of sp³-hybridized carbons (Fsp3) is 0.684. The van der Waals surface area contributed by atoms with E-state index < -0.39 is 72.2 Å². The molecule has 188 valence electrons. The lowest BCUT2D eigenvalue weighted by molar-refractivity contribution is -0.144. The highest BCUT2D eigenvalue weighted by molar-refractivity contribution is 5.95. The van der Waals surface area contributed by atoms with Crippen LogP contribution in [0.3, 0.4) is 0 Å². The van der Waals surface area contributed by atoms with Crippen molar-refractivity contribution >= 4 is 35.5 Å². The molecule has 0 aromatic heterocycles. The van der Waals surface area contributed by atoms with Gasteiger partial charge in [-0.25, -0.2) is 4.79 Å². The van der Waals surface area contributed by atoms with Gasteiger partial charge in [0.15, 0.2) is 0 Å². The highest BCUT2D eigenvalue weighted by Gasteiger charge is 2.33. The molecular formula is C19H34N6O8. The molecule has 5 amide bonds. The SMILES string of the molecule is CC(C)CC(NC(=O)C(N)CCC(N)=O)C(=O)NC(C(=O)NC(CC(N)=O)C(=O)O)C(C)O. The zero-order valence-corrected chi connectivity index (χ0v) is 18.9. The van der Waals surface area contributed by atoms with Crippen molar-refractivity contribution in [1.82, 2.24) is 16.0 Å². The molecule has 5 unspecified atom stereocenters. The van der Waals surface area contributed by atoms with Crippen molar-refractivity contribution in [2.24, 2.45) is 23.1 Å². The van der Waals surface area contributed by atoms with Crippen molar-refractivity contribution in [3.63, 3.8) is 0 Å². The van der Waals surface area contributed by atoms with Crippen LogP contribution in [0.5, 0.6) is 0 Å². The van der Waals surface area contributed by atoms with Crippen molar-refractivity contribution in [3.8, 4) is 0 Å². The minimum Gasteiger partial charge on any atom is -0.480 e. The third-order valence-electron chi connectivity index (χ3n) is 4.46. The number of primary amides is 2. The van der Waals surface area contributed by atoms with Gasteiger partial charge in [-0.3, -0.25) is 24.0 Å². The largest absolute Gasteiger partial charge is 0.480 e. The predicted octanol–water partition coefficient (Wildman–Crippen LogP) is -3.58. The van der Waals surface area contributed by atoms with Gasteiger partial charge >= 0.3 is 5.97 Å². The van der Waals surface area contributed by atoms with E-state index in [0.717, 1.165) is 0 Å². The highest BCUT2D eigenvalue weighted by Crippen LogP contribution is 2.08. The molecule has 11 N–H and O–H groups in total. The van der Waals surface area contributed by atoms with Crippen LogP contribution < -0.4 is 33.2 Å². The smallest absolute Gasteiger partial charge is 0.326 e. The van der Waals surface area contributed by atoms with E-state index >= 15 is 0 Å². The average molecular weight is 475 g/mol. The lowest BCUT2D eigenvalue weighted by Gasteiger charge is -2.27. The summed E-state index contributed by atoms with van der Waals surface area (Å²) in [4.78, 5) is 70.7. The first-order chi connectivity index (χ1) is 15.1. The predicted molar refractivity (Wildman–Crippen MR) is 115 cm³/mol. The number of hydrogen-bond acceptors (Lipinski definition) is 8. The molecule has 0 spiro atoms. The Labute approximate surface area is 191 Å². The summed E-state index contributed by atoms with van der Waals surface area (Å²) in [5.74, 6) is -5.85. The molecule has 14 heteroatoms. The summed E-state index contributed by atoms with van der Waals surface area (Å²) in [7, 11) is 0. The van der Waals surface area contributed by atoms with Gasteiger partial charge in [-0.05, 0) is 25.7 Å². The van der Waals surface area contributed by atoms with Crippen molar-refractivity contribution < 1.29 is 39.0 Å². The van der Waals surface area contributed by atoms with Crippen molar-refractivity contribution in [3.05, 3.63) is 0 Å². The summed E-state index contributed by atoms with van der Waals surface area (Å²) in [6, 6.07) is -5.52. The average Bonchev–Trinajstić information content (AvgIpc) is 2.67. The highest BCUT2D eigenvalue weighted by atomic mass is 16.4. The maximum atomic E-state index is 12.8. The summed E-state index contributed by atoms with van der Waals surface area (Å²) in [6.07, 6.45) is -2.17. The molecule has 0 aliphatic rings.